The highest BCUT2D eigenvalue weighted by Gasteiger charge is 1.73. The maximum absolute atomic E-state index is 11.3. The molecule has 0 aliphatic rings. The third-order valence-corrected chi connectivity index (χ3v) is 0.297. The zero-order valence-corrected chi connectivity index (χ0v) is 3.93. The lowest BCUT2D eigenvalue weighted by atomic mass is 11.1. The van der Waals surface area contributed by atoms with Gasteiger partial charge in [-0.05, 0) is 0 Å². The Morgan fingerprint density at radius 3 is 2.57 bits per heavy atom. The highest BCUT2D eigenvalue weighted by atomic mass is 19.1. The summed E-state index contributed by atoms with van der Waals surface area (Å²) in [5, 5.41) is 0. The highest BCUT2D eigenvalue weighted by molar-refractivity contribution is 5.79. The Kier molecular flexibility index (Phi) is 2.83. The van der Waals surface area contributed by atoms with Crippen LogP contribution in [0.15, 0.2) is 9.98 Å². The van der Waals surface area contributed by atoms with Gasteiger partial charge in [0.2, 0.25) is 0 Å². The second kappa shape index (κ2) is 3.27. The molecule has 0 unspecified atom stereocenters. The number of hydrogen-bond donors (Lipinski definition) is 1. The molecule has 0 amide bonds. The monoisotopic (exact) mass is 103 g/mol. The molecule has 0 atom stereocenters. The van der Waals surface area contributed by atoms with Crippen LogP contribution in [0.25, 0.3) is 0 Å². The molecule has 0 radical (unpaired) electrons. The lowest BCUT2D eigenvalue weighted by Crippen LogP contribution is -2.02. The molecule has 0 saturated heterocycles. The van der Waals surface area contributed by atoms with Crippen molar-refractivity contribution in [3.8, 4) is 0 Å². The molecule has 0 aromatic carbocycles. The van der Waals surface area contributed by atoms with Gasteiger partial charge in [0.25, 0.3) is 6.09 Å². The van der Waals surface area contributed by atoms with Crippen molar-refractivity contribution in [3.63, 3.8) is 0 Å². The fourth-order valence-corrected chi connectivity index (χ4v) is 0.113. The number of hydrogen-bond acceptors (Lipinski definition) is 1. The van der Waals surface area contributed by atoms with Crippen molar-refractivity contribution >= 4 is 12.4 Å². The van der Waals surface area contributed by atoms with E-state index in [4.69, 9.17) is 0 Å². The van der Waals surface area contributed by atoms with Crippen molar-refractivity contribution in [3.05, 3.63) is 0 Å². The summed E-state index contributed by atoms with van der Waals surface area (Å²) in [4.78, 5) is 6.32. The molecular weight excluding hydrogens is 97.1 g/mol. The minimum atomic E-state index is -0.967. The van der Waals surface area contributed by atoms with E-state index in [1.807, 2.05) is 0 Å². The number of aliphatic imine (C=N–C) groups is 2. The van der Waals surface area contributed by atoms with Crippen LogP contribution in [0.5, 0.6) is 0 Å². The molecule has 0 aliphatic heterocycles. The number of rotatable bonds is 1. The van der Waals surface area contributed by atoms with Crippen molar-refractivity contribution in [1.29, 1.82) is 0 Å². The standard InChI is InChI=1S/C3H6FN3/c1-6-2-7-3(4)5/h2H,1H3,(H2,5,6,7). The van der Waals surface area contributed by atoms with E-state index >= 15 is 0 Å². The molecule has 40 valence electrons. The van der Waals surface area contributed by atoms with Gasteiger partial charge >= 0.3 is 0 Å². The van der Waals surface area contributed by atoms with Crippen LogP contribution in [-0.4, -0.2) is 19.5 Å². The molecule has 0 rings (SSSR count). The van der Waals surface area contributed by atoms with E-state index in [0.717, 1.165) is 6.34 Å². The predicted molar refractivity (Wildman–Crippen MR) is 27.1 cm³/mol. The first kappa shape index (κ1) is 6.07. The first-order chi connectivity index (χ1) is 3.27. The van der Waals surface area contributed by atoms with Crippen LogP contribution in [-0.2, 0) is 0 Å². The van der Waals surface area contributed by atoms with Gasteiger partial charge in [0, 0.05) is 7.05 Å². The van der Waals surface area contributed by atoms with E-state index in [9.17, 15) is 4.39 Å². The van der Waals surface area contributed by atoms with Gasteiger partial charge in [0.1, 0.15) is 6.34 Å². The number of nitrogens with zero attached hydrogens (tertiary/aromatic N) is 2. The molecule has 0 aromatic heterocycles. The Hall–Kier alpha value is -0.930. The molecular formula is C3H6FN3. The van der Waals surface area contributed by atoms with E-state index in [1.54, 1.807) is 0 Å². The van der Waals surface area contributed by atoms with Crippen LogP contribution in [0.3, 0.4) is 0 Å². The van der Waals surface area contributed by atoms with Crippen LogP contribution < -0.4 is 5.73 Å². The van der Waals surface area contributed by atoms with Crippen molar-refractivity contribution in [2.24, 2.45) is 15.7 Å². The normalized spacial score (nSPS) is 13.1. The lowest BCUT2D eigenvalue weighted by Gasteiger charge is -1.73. The summed E-state index contributed by atoms with van der Waals surface area (Å²) in [5.74, 6) is 0. The zero-order chi connectivity index (χ0) is 5.70. The fraction of sp³-hybridized carbons (Fsp3) is 0.333. The lowest BCUT2D eigenvalue weighted by molar-refractivity contribution is 0.793. The van der Waals surface area contributed by atoms with Gasteiger partial charge in [-0.3, -0.25) is 4.99 Å². The smallest absolute Gasteiger partial charge is 0.281 e. The summed E-state index contributed by atoms with van der Waals surface area (Å²) < 4.78 is 11.3. The molecule has 2 N–H and O–H groups in total. The molecule has 0 aliphatic carbocycles. The molecule has 0 spiro atoms. The van der Waals surface area contributed by atoms with Gasteiger partial charge in [-0.1, -0.05) is 0 Å². The first-order valence-corrected chi connectivity index (χ1v) is 1.66. The van der Waals surface area contributed by atoms with E-state index < -0.39 is 6.09 Å². The summed E-state index contributed by atoms with van der Waals surface area (Å²) in [6.07, 6.45) is 0.0700. The van der Waals surface area contributed by atoms with Crippen molar-refractivity contribution in [1.82, 2.24) is 0 Å². The van der Waals surface area contributed by atoms with E-state index in [2.05, 4.69) is 15.7 Å². The van der Waals surface area contributed by atoms with Gasteiger partial charge < -0.3 is 5.73 Å². The minimum Gasteiger partial charge on any atom is -0.360 e. The summed E-state index contributed by atoms with van der Waals surface area (Å²) in [6.45, 7) is 0. The van der Waals surface area contributed by atoms with E-state index in [1.165, 1.54) is 7.05 Å². The maximum atomic E-state index is 11.3. The molecule has 0 saturated carbocycles. The van der Waals surface area contributed by atoms with Gasteiger partial charge in [0.05, 0.1) is 0 Å². The summed E-state index contributed by atoms with van der Waals surface area (Å²) >= 11 is 0. The topological polar surface area (TPSA) is 50.7 Å². The Bertz CT molecular complexity index is 92.4. The van der Waals surface area contributed by atoms with Crippen LogP contribution in [0.2, 0.25) is 0 Å². The van der Waals surface area contributed by atoms with Crippen molar-refractivity contribution in [2.75, 3.05) is 7.05 Å². The SMILES string of the molecule is CN=CN=C(N)F. The molecule has 0 fully saturated rings. The molecule has 4 heteroatoms. The van der Waals surface area contributed by atoms with Crippen LogP contribution in [0.1, 0.15) is 0 Å². The van der Waals surface area contributed by atoms with Crippen molar-refractivity contribution < 1.29 is 4.39 Å². The third kappa shape index (κ3) is 5.07. The Morgan fingerprint density at radius 2 is 2.43 bits per heavy atom. The molecule has 7 heavy (non-hydrogen) atoms. The van der Waals surface area contributed by atoms with Gasteiger partial charge in [0.15, 0.2) is 0 Å². The largest absolute Gasteiger partial charge is 0.360 e. The van der Waals surface area contributed by atoms with Gasteiger partial charge in [-0.2, -0.15) is 9.38 Å². The molecule has 3 nitrogen and oxygen atoms in total. The first-order valence-electron chi connectivity index (χ1n) is 1.66. The van der Waals surface area contributed by atoms with Crippen LogP contribution in [0.4, 0.5) is 4.39 Å². The average molecular weight is 103 g/mol. The Morgan fingerprint density at radius 1 is 1.86 bits per heavy atom. The zero-order valence-electron chi connectivity index (χ0n) is 3.93. The molecule has 0 bridgehead atoms. The van der Waals surface area contributed by atoms with Crippen LogP contribution in [0, 0.1) is 0 Å². The second-order valence-electron chi connectivity index (χ2n) is 0.825. The number of halogens is 1. The second-order valence-corrected chi connectivity index (χ2v) is 0.825. The maximum Gasteiger partial charge on any atom is 0.281 e. The average Bonchev–Trinajstić information content (AvgIpc) is 1.61. The van der Waals surface area contributed by atoms with Gasteiger partial charge in [-0.15, -0.1) is 0 Å². The molecule has 0 heterocycles. The summed E-state index contributed by atoms with van der Waals surface area (Å²) in [7, 11) is 1.48. The Labute approximate surface area is 40.8 Å². The Balaban J connectivity index is 3.46. The van der Waals surface area contributed by atoms with Crippen LogP contribution >= 0.6 is 0 Å². The fourth-order valence-electron chi connectivity index (χ4n) is 0.113. The quantitative estimate of drug-likeness (QED) is 0.282. The van der Waals surface area contributed by atoms with E-state index in [-0.39, 0.29) is 0 Å². The third-order valence-electron chi connectivity index (χ3n) is 0.297. The summed E-state index contributed by atoms with van der Waals surface area (Å²) in [6, 6.07) is 0. The summed E-state index contributed by atoms with van der Waals surface area (Å²) in [5.41, 5.74) is 4.47. The van der Waals surface area contributed by atoms with Crippen molar-refractivity contribution in [2.45, 2.75) is 0 Å². The predicted octanol–water partition coefficient (Wildman–Crippen LogP) is -0.0713. The minimum absolute atomic E-state index is 0.967. The highest BCUT2D eigenvalue weighted by Crippen LogP contribution is 1.63. The molecule has 0 aromatic rings. The van der Waals surface area contributed by atoms with E-state index in [0.29, 0.717) is 0 Å². The van der Waals surface area contributed by atoms with Gasteiger partial charge in [-0.25, -0.2) is 0 Å². The number of amidine groups is 1. The number of nitrogens with two attached hydrogens (primary N) is 1.